The van der Waals surface area contributed by atoms with E-state index in [1.807, 2.05) is 50.2 Å². The molecule has 0 unspecified atom stereocenters. The quantitative estimate of drug-likeness (QED) is 0.882. The number of primary amides is 1. The molecule has 26 heavy (non-hydrogen) atoms. The normalized spacial score (nSPS) is 13.8. The number of nitrogens with one attached hydrogen (secondary N) is 1. The van der Waals surface area contributed by atoms with Gasteiger partial charge in [0.25, 0.3) is 5.91 Å². The molecule has 0 saturated carbocycles. The smallest absolute Gasteiger partial charge is 0.254 e. The molecule has 5 nitrogen and oxygen atoms in total. The minimum absolute atomic E-state index is 0.208. The third-order valence-electron chi connectivity index (χ3n) is 3.49. The molecule has 3 N–H and O–H groups in total. The number of ether oxygens (including phenoxy) is 1. The van der Waals surface area contributed by atoms with Crippen LogP contribution in [-0.4, -0.2) is 31.6 Å². The summed E-state index contributed by atoms with van der Waals surface area (Å²) in [6.45, 7) is 3.35. The van der Waals surface area contributed by atoms with Crippen LogP contribution in [0.15, 0.2) is 48.5 Å². The highest BCUT2D eigenvalue weighted by Gasteiger charge is 2.28. The summed E-state index contributed by atoms with van der Waals surface area (Å²) in [6.07, 6.45) is -0.275. The van der Waals surface area contributed by atoms with Crippen molar-refractivity contribution >= 4 is 11.8 Å². The van der Waals surface area contributed by atoms with Gasteiger partial charge in [-0.25, -0.2) is 4.39 Å². The number of nitrogens with two attached hydrogens (primary N) is 1. The molecule has 0 spiro atoms. The van der Waals surface area contributed by atoms with E-state index in [1.165, 1.54) is 13.1 Å². The molecule has 0 aromatic heterocycles. The minimum Gasteiger partial charge on any atom is -0.486 e. The first-order valence-electron chi connectivity index (χ1n) is 8.48. The topological polar surface area (TPSA) is 81.4 Å². The Balaban J connectivity index is 0.000000353. The van der Waals surface area contributed by atoms with Crippen molar-refractivity contribution in [1.82, 2.24) is 5.32 Å². The van der Waals surface area contributed by atoms with Gasteiger partial charge in [-0.1, -0.05) is 50.2 Å². The lowest BCUT2D eigenvalue weighted by Crippen LogP contribution is -2.21. The van der Waals surface area contributed by atoms with E-state index in [1.54, 1.807) is 6.07 Å². The summed E-state index contributed by atoms with van der Waals surface area (Å²) in [5.74, 6) is -0.692. The summed E-state index contributed by atoms with van der Waals surface area (Å²) < 4.78 is 18.0. The van der Waals surface area contributed by atoms with Gasteiger partial charge in [-0.2, -0.15) is 0 Å². The Hall–Kier alpha value is -2.89. The fourth-order valence-corrected chi connectivity index (χ4v) is 2.35. The molecule has 0 fully saturated rings. The average Bonchev–Trinajstić information content (AvgIpc) is 3.13. The molecule has 1 atom stereocenters. The number of halogens is 1. The van der Waals surface area contributed by atoms with Crippen LogP contribution in [0.1, 0.15) is 40.1 Å². The number of rotatable bonds is 3. The van der Waals surface area contributed by atoms with Crippen LogP contribution in [0.25, 0.3) is 0 Å². The highest BCUT2D eigenvalue weighted by Crippen LogP contribution is 2.34. The number of alkyl halides is 1. The van der Waals surface area contributed by atoms with Gasteiger partial charge in [0, 0.05) is 19.0 Å². The largest absolute Gasteiger partial charge is 0.486 e. The second-order valence-corrected chi connectivity index (χ2v) is 5.21. The van der Waals surface area contributed by atoms with Crippen molar-refractivity contribution in [3.63, 3.8) is 0 Å². The highest BCUT2D eigenvalue weighted by atomic mass is 19.1. The maximum absolute atomic E-state index is 12.6. The third kappa shape index (κ3) is 5.58. The SMILES string of the molecule is CC.CNC(=O)c1cc(C(N)=O)cc2c1O[C@H](CF)C2.c1ccccc1. The molecular formula is C20H25FN2O3. The van der Waals surface area contributed by atoms with Crippen LogP contribution >= 0.6 is 0 Å². The number of amides is 2. The molecule has 6 heteroatoms. The van der Waals surface area contributed by atoms with E-state index in [0.717, 1.165) is 0 Å². The molecule has 1 aliphatic rings. The van der Waals surface area contributed by atoms with Gasteiger partial charge < -0.3 is 15.8 Å². The summed E-state index contributed by atoms with van der Waals surface area (Å²) in [4.78, 5) is 22.9. The van der Waals surface area contributed by atoms with Gasteiger partial charge in [0.05, 0.1) is 5.56 Å². The van der Waals surface area contributed by atoms with Gasteiger partial charge in [-0.3, -0.25) is 9.59 Å². The standard InChI is InChI=1S/C12H13FN2O3.C6H6.C2H6/c1-15-12(17)9-4-7(11(14)16)2-6-3-8(5-13)18-10(6)9;1-2-4-6-5-3-1;1-2/h2,4,8H,3,5H2,1H3,(H2,14,16)(H,15,17);1-6H;1-2H3/t8-;;/m0../s1. The molecule has 0 aliphatic carbocycles. The fraction of sp³-hybridized carbons (Fsp3) is 0.300. The Morgan fingerprint density at radius 2 is 1.69 bits per heavy atom. The number of benzene rings is 2. The Bertz CT molecular complexity index is 694. The van der Waals surface area contributed by atoms with E-state index in [2.05, 4.69) is 5.32 Å². The summed E-state index contributed by atoms with van der Waals surface area (Å²) >= 11 is 0. The van der Waals surface area contributed by atoms with Crippen LogP contribution in [0.2, 0.25) is 0 Å². The van der Waals surface area contributed by atoms with Crippen molar-refractivity contribution in [2.24, 2.45) is 5.73 Å². The van der Waals surface area contributed by atoms with Crippen molar-refractivity contribution in [2.75, 3.05) is 13.7 Å². The number of hydrogen-bond acceptors (Lipinski definition) is 3. The zero-order valence-electron chi connectivity index (χ0n) is 15.3. The molecule has 1 aliphatic heterocycles. The first kappa shape index (κ1) is 21.2. The Morgan fingerprint density at radius 3 is 2.12 bits per heavy atom. The summed E-state index contributed by atoms with van der Waals surface area (Å²) in [5.41, 5.74) is 6.26. The summed E-state index contributed by atoms with van der Waals surface area (Å²) in [5, 5.41) is 2.45. The molecule has 0 bridgehead atoms. The predicted molar refractivity (Wildman–Crippen MR) is 100 cm³/mol. The first-order chi connectivity index (χ1) is 12.6. The number of hydrogen-bond donors (Lipinski definition) is 2. The first-order valence-corrected chi connectivity index (χ1v) is 8.48. The van der Waals surface area contributed by atoms with Gasteiger partial charge in [0.15, 0.2) is 0 Å². The third-order valence-corrected chi connectivity index (χ3v) is 3.49. The zero-order chi connectivity index (χ0) is 19.5. The van der Waals surface area contributed by atoms with Crippen LogP contribution < -0.4 is 15.8 Å². The lowest BCUT2D eigenvalue weighted by Gasteiger charge is -2.10. The Labute approximate surface area is 153 Å². The Kier molecular flexibility index (Phi) is 8.84. The average molecular weight is 360 g/mol. The second-order valence-electron chi connectivity index (χ2n) is 5.21. The monoisotopic (exact) mass is 360 g/mol. The molecule has 2 aromatic rings. The second kappa shape index (κ2) is 10.9. The van der Waals surface area contributed by atoms with Crippen LogP contribution in [0.5, 0.6) is 5.75 Å². The number of carbonyl (C=O) groups is 2. The Morgan fingerprint density at radius 1 is 1.15 bits per heavy atom. The van der Waals surface area contributed by atoms with E-state index in [0.29, 0.717) is 17.7 Å². The van der Waals surface area contributed by atoms with Gasteiger partial charge >= 0.3 is 0 Å². The molecule has 0 radical (unpaired) electrons. The van der Waals surface area contributed by atoms with Gasteiger partial charge in [0.2, 0.25) is 5.91 Å². The maximum atomic E-state index is 12.6. The van der Waals surface area contributed by atoms with Crippen LogP contribution in [0.3, 0.4) is 0 Å². The van der Waals surface area contributed by atoms with Crippen molar-refractivity contribution in [1.29, 1.82) is 0 Å². The minimum atomic E-state index is -0.645. The maximum Gasteiger partial charge on any atom is 0.254 e. The van der Waals surface area contributed by atoms with E-state index in [4.69, 9.17) is 10.5 Å². The van der Waals surface area contributed by atoms with Crippen molar-refractivity contribution in [3.05, 3.63) is 65.2 Å². The van der Waals surface area contributed by atoms with E-state index in [-0.39, 0.29) is 11.1 Å². The van der Waals surface area contributed by atoms with Crippen LogP contribution in [0, 0.1) is 0 Å². The molecule has 1 heterocycles. The molecule has 3 rings (SSSR count). The van der Waals surface area contributed by atoms with Crippen LogP contribution in [-0.2, 0) is 6.42 Å². The lowest BCUT2D eigenvalue weighted by molar-refractivity contribution is 0.0956. The van der Waals surface area contributed by atoms with E-state index >= 15 is 0 Å². The molecule has 2 aromatic carbocycles. The van der Waals surface area contributed by atoms with Gasteiger partial charge in [-0.05, 0) is 17.7 Å². The molecule has 0 saturated heterocycles. The van der Waals surface area contributed by atoms with Crippen molar-refractivity contribution in [2.45, 2.75) is 26.4 Å². The highest BCUT2D eigenvalue weighted by molar-refractivity contribution is 6.01. The number of carbonyl (C=O) groups excluding carboxylic acids is 2. The van der Waals surface area contributed by atoms with Crippen molar-refractivity contribution < 1.29 is 18.7 Å². The van der Waals surface area contributed by atoms with E-state index < -0.39 is 24.6 Å². The fourth-order valence-electron chi connectivity index (χ4n) is 2.35. The summed E-state index contributed by atoms with van der Waals surface area (Å²) in [6, 6.07) is 14.9. The molecule has 2 amide bonds. The van der Waals surface area contributed by atoms with Crippen molar-refractivity contribution in [3.8, 4) is 5.75 Å². The van der Waals surface area contributed by atoms with Gasteiger partial charge in [-0.15, -0.1) is 0 Å². The van der Waals surface area contributed by atoms with Gasteiger partial charge in [0.1, 0.15) is 18.5 Å². The molecular weight excluding hydrogens is 335 g/mol. The number of fused-ring (bicyclic) bond motifs is 1. The predicted octanol–water partition coefficient (Wildman–Crippen LogP) is 3.13. The zero-order valence-corrected chi connectivity index (χ0v) is 15.3. The van der Waals surface area contributed by atoms with Crippen LogP contribution in [0.4, 0.5) is 4.39 Å². The summed E-state index contributed by atoms with van der Waals surface area (Å²) in [7, 11) is 1.47. The van der Waals surface area contributed by atoms with E-state index in [9.17, 15) is 14.0 Å². The lowest BCUT2D eigenvalue weighted by atomic mass is 10.0. The molecule has 140 valence electrons.